The Morgan fingerprint density at radius 1 is 1.06 bits per heavy atom. The van der Waals surface area contributed by atoms with Crippen molar-refractivity contribution in [2.24, 2.45) is 5.92 Å². The molecule has 3 heterocycles. The predicted molar refractivity (Wildman–Crippen MR) is 123 cm³/mol. The van der Waals surface area contributed by atoms with E-state index >= 15 is 0 Å². The molecule has 1 atom stereocenters. The van der Waals surface area contributed by atoms with Crippen LogP contribution in [-0.2, 0) is 6.42 Å². The van der Waals surface area contributed by atoms with Gasteiger partial charge in [0.15, 0.2) is 5.65 Å². The molecule has 0 saturated heterocycles. The summed E-state index contributed by atoms with van der Waals surface area (Å²) in [4.78, 5) is 34.9. The highest BCUT2D eigenvalue weighted by molar-refractivity contribution is 5.89. The Hall–Kier alpha value is -4.07. The molecule has 0 spiro atoms. The quantitative estimate of drug-likeness (QED) is 0.419. The number of nitrogen functional groups attached to an aromatic ring is 1. The molecule has 0 amide bonds. The van der Waals surface area contributed by atoms with Gasteiger partial charge in [-0.3, -0.25) is 9.36 Å². The van der Waals surface area contributed by atoms with E-state index in [2.05, 4.69) is 19.9 Å². The molecule has 3 aromatic heterocycles. The maximum Gasteiger partial charge on any atom is 0.268 e. The van der Waals surface area contributed by atoms with E-state index in [0.717, 1.165) is 35.6 Å². The maximum atomic E-state index is 13.7. The molecule has 2 aromatic carbocycles. The minimum Gasteiger partial charge on any atom is -0.398 e. The topological polar surface area (TPSA) is 115 Å². The van der Waals surface area contributed by atoms with Gasteiger partial charge in [0.2, 0.25) is 0 Å². The van der Waals surface area contributed by atoms with Crippen LogP contribution in [0.3, 0.4) is 0 Å². The van der Waals surface area contributed by atoms with Crippen molar-refractivity contribution in [3.05, 3.63) is 83.1 Å². The van der Waals surface area contributed by atoms with Crippen molar-refractivity contribution < 1.29 is 0 Å². The van der Waals surface area contributed by atoms with Crippen molar-refractivity contribution in [1.29, 1.82) is 0 Å². The van der Waals surface area contributed by atoms with Gasteiger partial charge in [-0.15, -0.1) is 0 Å². The molecule has 1 fully saturated rings. The second kappa shape index (κ2) is 7.26. The van der Waals surface area contributed by atoms with E-state index in [1.165, 1.54) is 0 Å². The van der Waals surface area contributed by atoms with Gasteiger partial charge in [0.05, 0.1) is 28.6 Å². The smallest absolute Gasteiger partial charge is 0.268 e. The third-order valence-corrected chi connectivity index (χ3v) is 6.21. The van der Waals surface area contributed by atoms with Crippen LogP contribution in [0.25, 0.3) is 27.8 Å². The Morgan fingerprint density at radius 2 is 1.91 bits per heavy atom. The van der Waals surface area contributed by atoms with Crippen molar-refractivity contribution in [2.75, 3.05) is 5.73 Å². The Morgan fingerprint density at radius 3 is 2.72 bits per heavy atom. The summed E-state index contributed by atoms with van der Waals surface area (Å²) in [7, 11) is 0. The van der Waals surface area contributed by atoms with Gasteiger partial charge in [-0.2, -0.15) is 0 Å². The van der Waals surface area contributed by atoms with Crippen LogP contribution in [0.2, 0.25) is 0 Å². The molecule has 1 aliphatic rings. The molecule has 158 valence electrons. The summed E-state index contributed by atoms with van der Waals surface area (Å²) in [6.07, 6.45) is 6.01. The van der Waals surface area contributed by atoms with E-state index in [-0.39, 0.29) is 11.5 Å². The SMILES string of the molecule is Nc1cccc2nc([C@@H](Cc3ncnc4nc[nH]c34)C3CC3)n(-c3ccccc3)c(=O)c12. The molecular weight excluding hydrogens is 402 g/mol. The molecule has 0 bridgehead atoms. The number of para-hydroxylation sites is 1. The monoisotopic (exact) mass is 423 g/mol. The second-order valence-corrected chi connectivity index (χ2v) is 8.26. The van der Waals surface area contributed by atoms with Gasteiger partial charge >= 0.3 is 0 Å². The van der Waals surface area contributed by atoms with Crippen LogP contribution in [0.4, 0.5) is 5.69 Å². The van der Waals surface area contributed by atoms with Crippen molar-refractivity contribution in [3.8, 4) is 5.69 Å². The van der Waals surface area contributed by atoms with Gasteiger partial charge in [0.25, 0.3) is 5.56 Å². The number of imidazole rings is 1. The number of nitrogens with one attached hydrogen (secondary N) is 1. The Labute approximate surface area is 183 Å². The first-order valence-corrected chi connectivity index (χ1v) is 10.7. The molecule has 6 rings (SSSR count). The first kappa shape index (κ1) is 18.7. The van der Waals surface area contributed by atoms with Crippen molar-refractivity contribution in [1.82, 2.24) is 29.5 Å². The number of hydrogen-bond acceptors (Lipinski definition) is 6. The van der Waals surface area contributed by atoms with Crippen LogP contribution >= 0.6 is 0 Å². The molecule has 8 nitrogen and oxygen atoms in total. The number of aromatic nitrogens is 6. The lowest BCUT2D eigenvalue weighted by atomic mass is 9.95. The Kier molecular flexibility index (Phi) is 4.24. The van der Waals surface area contributed by atoms with E-state index in [1.807, 2.05) is 42.5 Å². The molecular formula is C24H21N7O. The summed E-state index contributed by atoms with van der Waals surface area (Å²) in [6, 6.07) is 15.1. The fraction of sp³-hybridized carbons (Fsp3) is 0.208. The highest BCUT2D eigenvalue weighted by Gasteiger charge is 2.36. The first-order chi connectivity index (χ1) is 15.7. The van der Waals surface area contributed by atoms with Crippen LogP contribution in [0.5, 0.6) is 0 Å². The average molecular weight is 423 g/mol. The minimum atomic E-state index is -0.144. The lowest BCUT2D eigenvalue weighted by Crippen LogP contribution is -2.28. The second-order valence-electron chi connectivity index (χ2n) is 8.26. The lowest BCUT2D eigenvalue weighted by Gasteiger charge is -2.22. The van der Waals surface area contributed by atoms with Crippen LogP contribution in [0, 0.1) is 5.92 Å². The van der Waals surface area contributed by atoms with E-state index in [9.17, 15) is 4.79 Å². The number of H-pyrrole nitrogens is 1. The van der Waals surface area contributed by atoms with Crippen LogP contribution in [0.15, 0.2) is 66.0 Å². The fourth-order valence-electron chi connectivity index (χ4n) is 4.49. The molecule has 1 aliphatic carbocycles. The molecule has 0 radical (unpaired) electrons. The number of rotatable bonds is 5. The zero-order valence-corrected chi connectivity index (χ0v) is 17.3. The van der Waals surface area contributed by atoms with E-state index in [0.29, 0.717) is 34.6 Å². The van der Waals surface area contributed by atoms with Gasteiger partial charge in [0.1, 0.15) is 17.7 Å². The van der Waals surface area contributed by atoms with E-state index < -0.39 is 0 Å². The van der Waals surface area contributed by atoms with Gasteiger partial charge < -0.3 is 10.7 Å². The zero-order chi connectivity index (χ0) is 21.7. The molecule has 1 saturated carbocycles. The number of aromatic amines is 1. The standard InChI is InChI=1S/C24H21N7O/c25-17-7-4-8-18-20(17)24(32)31(15-5-2-1-3-6-15)23(30-18)16(14-9-10-14)11-19-21-22(28-12-26-19)29-13-27-21/h1-8,12-14,16H,9-11,25H2,(H,26,27,28,29)/t16-/m0/s1. The zero-order valence-electron chi connectivity index (χ0n) is 17.3. The highest BCUT2D eigenvalue weighted by Crippen LogP contribution is 2.44. The summed E-state index contributed by atoms with van der Waals surface area (Å²) in [6.45, 7) is 0. The van der Waals surface area contributed by atoms with Gasteiger partial charge in [0, 0.05) is 18.0 Å². The van der Waals surface area contributed by atoms with E-state index in [4.69, 9.17) is 10.7 Å². The van der Waals surface area contributed by atoms with Crippen LogP contribution in [-0.4, -0.2) is 29.5 Å². The largest absolute Gasteiger partial charge is 0.398 e. The molecule has 5 aromatic rings. The van der Waals surface area contributed by atoms with Gasteiger partial charge in [-0.1, -0.05) is 24.3 Å². The summed E-state index contributed by atoms with van der Waals surface area (Å²) in [5.74, 6) is 1.20. The lowest BCUT2D eigenvalue weighted by molar-refractivity contribution is 0.545. The summed E-state index contributed by atoms with van der Waals surface area (Å²) < 4.78 is 1.73. The highest BCUT2D eigenvalue weighted by atomic mass is 16.1. The number of anilines is 1. The minimum absolute atomic E-state index is 0.0233. The molecule has 0 aliphatic heterocycles. The summed E-state index contributed by atoms with van der Waals surface area (Å²) in [5, 5.41) is 0.452. The predicted octanol–water partition coefficient (Wildman–Crippen LogP) is 3.37. The average Bonchev–Trinajstić information content (AvgIpc) is 3.53. The first-order valence-electron chi connectivity index (χ1n) is 10.7. The van der Waals surface area contributed by atoms with Crippen molar-refractivity contribution in [2.45, 2.75) is 25.2 Å². The van der Waals surface area contributed by atoms with Crippen LogP contribution in [0.1, 0.15) is 30.3 Å². The van der Waals surface area contributed by atoms with Crippen molar-refractivity contribution >= 4 is 27.8 Å². The van der Waals surface area contributed by atoms with Crippen LogP contribution < -0.4 is 11.3 Å². The Bertz CT molecular complexity index is 1500. The molecule has 8 heteroatoms. The molecule has 3 N–H and O–H groups in total. The number of hydrogen-bond donors (Lipinski definition) is 2. The summed E-state index contributed by atoms with van der Waals surface area (Å²) in [5.41, 5.74) is 10.2. The number of benzene rings is 2. The number of nitrogens with zero attached hydrogens (tertiary/aromatic N) is 5. The third-order valence-electron chi connectivity index (χ3n) is 6.21. The van der Waals surface area contributed by atoms with Gasteiger partial charge in [-0.05, 0) is 43.0 Å². The van der Waals surface area contributed by atoms with Gasteiger partial charge in [-0.25, -0.2) is 19.9 Å². The van der Waals surface area contributed by atoms with E-state index in [1.54, 1.807) is 23.3 Å². The number of nitrogens with two attached hydrogens (primary N) is 1. The third kappa shape index (κ3) is 3.03. The fourth-order valence-corrected chi connectivity index (χ4v) is 4.49. The summed E-state index contributed by atoms with van der Waals surface area (Å²) >= 11 is 0. The molecule has 32 heavy (non-hydrogen) atoms. The maximum absolute atomic E-state index is 13.7. The normalized spacial score (nSPS) is 14.8. The van der Waals surface area contributed by atoms with Crippen molar-refractivity contribution in [3.63, 3.8) is 0 Å². The number of fused-ring (bicyclic) bond motifs is 2. The molecule has 0 unspecified atom stereocenters. The Balaban J connectivity index is 1.59.